The molecule has 4 rings (SSSR count). The molecular weight excluding hydrogens is 577 g/mol. The van der Waals surface area contributed by atoms with Crippen molar-refractivity contribution < 1.29 is 5.11 Å². The second-order valence-electron chi connectivity index (χ2n) is 11.9. The quantitative estimate of drug-likeness (QED) is 0.218. The maximum Gasteiger partial charge on any atom is 0.126 e. The summed E-state index contributed by atoms with van der Waals surface area (Å²) in [5.74, 6) is 0.422. The number of rotatable bonds is 6. The van der Waals surface area contributed by atoms with E-state index in [1.54, 1.807) is 0 Å². The number of para-hydroxylation sites is 2. The summed E-state index contributed by atoms with van der Waals surface area (Å²) in [7, 11) is 0. The first-order valence-electron chi connectivity index (χ1n) is 13.3. The van der Waals surface area contributed by atoms with Crippen molar-refractivity contribution in [3.8, 4) is 5.75 Å². The van der Waals surface area contributed by atoms with E-state index in [2.05, 4.69) is 154 Å². The number of phenols is 1. The molecule has 0 saturated heterocycles. The van der Waals surface area contributed by atoms with Gasteiger partial charge < -0.3 is 10.0 Å². The van der Waals surface area contributed by atoms with E-state index in [0.29, 0.717) is 5.75 Å². The fourth-order valence-corrected chi connectivity index (χ4v) is 7.24. The van der Waals surface area contributed by atoms with Crippen LogP contribution in [0.5, 0.6) is 5.75 Å². The molecular formula is C35H40INO. The van der Waals surface area contributed by atoms with Crippen LogP contribution >= 0.6 is 20.7 Å². The fourth-order valence-electron chi connectivity index (χ4n) is 4.69. The van der Waals surface area contributed by atoms with Gasteiger partial charge in [-0.1, -0.05) is 123 Å². The number of anilines is 2. The molecule has 0 heterocycles. The number of phenolic OH excluding ortho intramolecular Hbond substituents is 1. The summed E-state index contributed by atoms with van der Waals surface area (Å²) in [4.78, 5) is 2.41. The van der Waals surface area contributed by atoms with Crippen molar-refractivity contribution in [2.45, 2.75) is 65.3 Å². The largest absolute Gasteiger partial charge is 0.507 e. The van der Waals surface area contributed by atoms with Gasteiger partial charge in [-0.25, -0.2) is 0 Å². The average molecular weight is 618 g/mol. The molecule has 1 atom stereocenters. The molecule has 0 aromatic heterocycles. The molecule has 0 spiro atoms. The topological polar surface area (TPSA) is 23.5 Å². The zero-order chi connectivity index (χ0) is 27.5. The Morgan fingerprint density at radius 3 is 1.76 bits per heavy atom. The second kappa shape index (κ2) is 11.4. The molecule has 3 heteroatoms. The van der Waals surface area contributed by atoms with E-state index in [1.807, 2.05) is 0 Å². The normalized spacial score (nSPS) is 13.2. The van der Waals surface area contributed by atoms with Gasteiger partial charge in [-0.05, 0) is 69.3 Å². The van der Waals surface area contributed by atoms with E-state index in [-0.39, 0.29) is 16.9 Å². The molecule has 2 nitrogen and oxygen atoms in total. The summed E-state index contributed by atoms with van der Waals surface area (Å²) in [5.41, 5.74) is 6.78. The van der Waals surface area contributed by atoms with Gasteiger partial charge in [0.25, 0.3) is 0 Å². The number of hydrogen-bond donors (Lipinski definition) is 1. The molecule has 198 valence electrons. The van der Waals surface area contributed by atoms with Gasteiger partial charge in [0.1, 0.15) is 5.75 Å². The van der Waals surface area contributed by atoms with Gasteiger partial charge in [0.15, 0.2) is 0 Å². The van der Waals surface area contributed by atoms with Crippen LogP contribution in [0.1, 0.15) is 76.8 Å². The van der Waals surface area contributed by atoms with Crippen molar-refractivity contribution in [1.29, 1.82) is 0 Å². The number of benzene rings is 4. The van der Waals surface area contributed by atoms with Gasteiger partial charge in [-0.15, -0.1) is 0 Å². The van der Waals surface area contributed by atoms with Gasteiger partial charge in [0, 0.05) is 26.1 Å². The lowest BCUT2D eigenvalue weighted by Crippen LogP contribution is -2.22. The predicted molar refractivity (Wildman–Crippen MR) is 173 cm³/mol. The summed E-state index contributed by atoms with van der Waals surface area (Å²) in [6, 6.07) is 34.6. The lowest BCUT2D eigenvalue weighted by Gasteiger charge is -2.32. The Hall–Kier alpha value is -2.92. The van der Waals surface area contributed by atoms with Crippen LogP contribution in [0, 0.1) is 3.57 Å². The van der Waals surface area contributed by atoms with Crippen LogP contribution in [0.15, 0.2) is 97.1 Å². The third kappa shape index (κ3) is 6.37. The Morgan fingerprint density at radius 1 is 0.711 bits per heavy atom. The van der Waals surface area contributed by atoms with Crippen molar-refractivity contribution in [3.05, 3.63) is 123 Å². The number of halogens is 1. The lowest BCUT2D eigenvalue weighted by atomic mass is 9.79. The smallest absolute Gasteiger partial charge is 0.126 e. The molecule has 0 aliphatic carbocycles. The molecule has 0 amide bonds. The van der Waals surface area contributed by atoms with E-state index in [4.69, 9.17) is 0 Å². The number of aromatic hydroxyl groups is 1. The minimum Gasteiger partial charge on any atom is -0.507 e. The second-order valence-corrected chi connectivity index (χ2v) is 14.3. The zero-order valence-electron chi connectivity index (χ0n) is 23.7. The number of nitrogens with zero attached hydrogens (tertiary/aromatic N) is 1. The Kier molecular flexibility index (Phi) is 8.46. The van der Waals surface area contributed by atoms with E-state index in [0.717, 1.165) is 11.1 Å². The predicted octanol–water partition coefficient (Wildman–Crippen LogP) is 9.88. The van der Waals surface area contributed by atoms with Gasteiger partial charge in [0.05, 0.1) is 6.04 Å². The average Bonchev–Trinajstić information content (AvgIpc) is 2.88. The monoisotopic (exact) mass is 617 g/mol. The van der Waals surface area contributed by atoms with Crippen LogP contribution in [0.25, 0.3) is 0 Å². The van der Waals surface area contributed by atoms with Crippen molar-refractivity contribution in [3.63, 3.8) is 0 Å². The van der Waals surface area contributed by atoms with Gasteiger partial charge in [-0.2, -0.15) is 0 Å². The molecule has 0 radical (unpaired) electrons. The Morgan fingerprint density at radius 2 is 1.24 bits per heavy atom. The molecule has 38 heavy (non-hydrogen) atoms. The maximum absolute atomic E-state index is 11.3. The highest BCUT2D eigenvalue weighted by Gasteiger charge is 2.25. The van der Waals surface area contributed by atoms with Gasteiger partial charge in [-0.3, -0.25) is 0 Å². The maximum atomic E-state index is 11.3. The standard InChI is InChI=1S/C35H40INO/c1-25(37(28-16-10-8-11-17-28)29-18-12-9-13-19-29)30-20-14-15-21-32(30)36-24-26-22-27(34(2,3)4)23-31(33(26)38)35(5,6)7/h8-25,38H,1-7H3. The van der Waals surface area contributed by atoms with Gasteiger partial charge in [0.2, 0.25) is 0 Å². The Bertz CT molecular complexity index is 1360. The first-order chi connectivity index (χ1) is 18.0. The molecule has 0 aliphatic heterocycles. The Balaban J connectivity index is 1.79. The summed E-state index contributed by atoms with van der Waals surface area (Å²) in [6.45, 7) is 15.5. The lowest BCUT2D eigenvalue weighted by molar-refractivity contribution is 0.444. The first kappa shape index (κ1) is 28.1. The van der Waals surface area contributed by atoms with Gasteiger partial charge >= 0.3 is 0 Å². The molecule has 4 aromatic carbocycles. The Labute approximate surface area is 239 Å². The highest BCUT2D eigenvalue weighted by molar-refractivity contribution is 14.2. The van der Waals surface area contributed by atoms with E-state index < -0.39 is 20.7 Å². The third-order valence-corrected chi connectivity index (χ3v) is 9.55. The molecule has 0 saturated carbocycles. The summed E-state index contributed by atoms with van der Waals surface area (Å²) in [6.07, 6.45) is 0. The fraction of sp³-hybridized carbons (Fsp3) is 0.286. The van der Waals surface area contributed by atoms with Crippen molar-refractivity contribution in [1.82, 2.24) is 0 Å². The van der Waals surface area contributed by atoms with Crippen LogP contribution in [-0.2, 0) is 10.8 Å². The minimum absolute atomic E-state index is 0.00685. The third-order valence-electron chi connectivity index (χ3n) is 6.91. The summed E-state index contributed by atoms with van der Waals surface area (Å²) < 4.78 is 3.67. The van der Waals surface area contributed by atoms with Crippen LogP contribution in [0.4, 0.5) is 11.4 Å². The SMILES string of the molecule is CC(c1ccccc1I=Cc1cc(C(C)(C)C)cc(C(C)(C)C)c1O)N(c1ccccc1)c1ccccc1. The van der Waals surface area contributed by atoms with Crippen molar-refractivity contribution >= 4 is 36.1 Å². The highest BCUT2D eigenvalue weighted by atomic mass is 127. The zero-order valence-corrected chi connectivity index (χ0v) is 25.8. The van der Waals surface area contributed by atoms with Crippen LogP contribution < -0.4 is 4.90 Å². The molecule has 1 unspecified atom stereocenters. The molecule has 0 fully saturated rings. The molecule has 0 aliphatic rings. The minimum atomic E-state index is -0.500. The summed E-state index contributed by atoms with van der Waals surface area (Å²) in [5, 5.41) is 11.3. The van der Waals surface area contributed by atoms with E-state index in [9.17, 15) is 5.11 Å². The molecule has 1 N–H and O–H groups in total. The molecule has 0 bridgehead atoms. The summed E-state index contributed by atoms with van der Waals surface area (Å²) >= 11 is -0.500. The van der Waals surface area contributed by atoms with Crippen LogP contribution in [0.3, 0.4) is 0 Å². The van der Waals surface area contributed by atoms with E-state index >= 15 is 0 Å². The van der Waals surface area contributed by atoms with E-state index in [1.165, 1.54) is 26.1 Å². The molecule has 4 aromatic rings. The van der Waals surface area contributed by atoms with Crippen molar-refractivity contribution in [2.24, 2.45) is 0 Å². The van der Waals surface area contributed by atoms with Crippen LogP contribution in [0.2, 0.25) is 0 Å². The highest BCUT2D eigenvalue weighted by Crippen LogP contribution is 2.39. The van der Waals surface area contributed by atoms with Crippen molar-refractivity contribution in [2.75, 3.05) is 4.90 Å². The first-order valence-corrected chi connectivity index (χ1v) is 15.6. The van der Waals surface area contributed by atoms with Crippen LogP contribution in [-0.4, -0.2) is 9.12 Å². The number of hydrogen-bond acceptors (Lipinski definition) is 2.